The van der Waals surface area contributed by atoms with Gasteiger partial charge in [0.2, 0.25) is 0 Å². The molecule has 2 aliphatic carbocycles. The molecular weight excluding hydrogens is 1130 g/mol. The minimum Gasteiger partial charge on any atom is -0.456 e. The Kier molecular flexibility index (Phi) is 18.1. The largest absolute Gasteiger partial charge is 0.456 e. The van der Waals surface area contributed by atoms with Gasteiger partial charge in [-0.15, -0.1) is 10.2 Å². The summed E-state index contributed by atoms with van der Waals surface area (Å²) in [5.74, 6) is -9.38. The van der Waals surface area contributed by atoms with E-state index in [9.17, 15) is 57.5 Å². The molecule has 0 saturated carbocycles. The number of esters is 8. The van der Waals surface area contributed by atoms with Crippen molar-refractivity contribution in [2.45, 2.75) is 129 Å². The Bertz CT molecular complexity index is 3440. The van der Waals surface area contributed by atoms with E-state index in [-0.39, 0.29) is 69.0 Å². The number of rotatable bonds is 18. The summed E-state index contributed by atoms with van der Waals surface area (Å²) in [4.78, 5) is 156. The first-order chi connectivity index (χ1) is 41.0. The zero-order valence-corrected chi connectivity index (χ0v) is 46.5. The van der Waals surface area contributed by atoms with Crippen molar-refractivity contribution in [3.63, 3.8) is 0 Å². The van der Waals surface area contributed by atoms with Gasteiger partial charge in [0.1, 0.15) is 49.0 Å². The molecule has 2 fully saturated rings. The van der Waals surface area contributed by atoms with Gasteiger partial charge in [0.15, 0.2) is 59.8 Å². The number of carbonyl (C=O) groups excluding carboxylic acids is 12. The fourth-order valence-corrected chi connectivity index (χ4v) is 10.3. The van der Waals surface area contributed by atoms with E-state index in [1.165, 1.54) is 70.3 Å². The molecule has 0 unspecified atom stereocenters. The monoisotopic (exact) mass is 1180 g/mol. The molecule has 0 spiro atoms. The molecule has 10 atom stereocenters. The number of carbonyl (C=O) groups is 12. The molecule has 2 aromatic heterocycles. The highest BCUT2D eigenvalue weighted by Gasteiger charge is 2.56. The van der Waals surface area contributed by atoms with E-state index >= 15 is 0 Å². The molecule has 4 aliphatic rings. The lowest BCUT2D eigenvalue weighted by molar-refractivity contribution is -0.242. The second-order valence-electron chi connectivity index (χ2n) is 19.9. The average molecular weight is 1190 g/mol. The Hall–Kier alpha value is -10.2. The van der Waals surface area contributed by atoms with Crippen LogP contribution in [-0.2, 0) is 102 Å². The van der Waals surface area contributed by atoms with Crippen molar-refractivity contribution >= 4 is 70.9 Å². The Morgan fingerprint density at radius 2 is 0.779 bits per heavy atom. The van der Waals surface area contributed by atoms with Crippen LogP contribution in [0.1, 0.15) is 115 Å². The van der Waals surface area contributed by atoms with E-state index < -0.39 is 145 Å². The number of hydrogen-bond donors (Lipinski definition) is 0. The van der Waals surface area contributed by atoms with Gasteiger partial charge in [-0.05, 0) is 30.4 Å². The van der Waals surface area contributed by atoms with Gasteiger partial charge in [-0.25, -0.2) is 19.0 Å². The van der Waals surface area contributed by atoms with Crippen LogP contribution >= 0.6 is 0 Å². The van der Waals surface area contributed by atoms with E-state index in [1.807, 2.05) is 0 Å². The van der Waals surface area contributed by atoms with Gasteiger partial charge >= 0.3 is 47.8 Å². The molecular formula is C58H52N6O22. The van der Waals surface area contributed by atoms with Crippen LogP contribution in [0.5, 0.6) is 0 Å². The van der Waals surface area contributed by atoms with Crippen LogP contribution in [0, 0.1) is 0 Å². The van der Waals surface area contributed by atoms with Crippen LogP contribution in [0.25, 0.3) is 0 Å². The van der Waals surface area contributed by atoms with E-state index in [2.05, 4.69) is 20.6 Å². The minimum absolute atomic E-state index is 0.0451. The molecule has 0 bridgehead atoms. The first kappa shape index (κ1) is 60.4. The highest BCUT2D eigenvalue weighted by atomic mass is 16.7. The fourth-order valence-electron chi connectivity index (χ4n) is 10.3. The van der Waals surface area contributed by atoms with Crippen molar-refractivity contribution in [3.8, 4) is 0 Å². The number of allylic oxidation sites excluding steroid dienone is 2. The quantitative estimate of drug-likeness (QED) is 0.0899. The summed E-state index contributed by atoms with van der Waals surface area (Å²) < 4.78 is 59.7. The van der Waals surface area contributed by atoms with Gasteiger partial charge in [0.05, 0.1) is 36.6 Å². The van der Waals surface area contributed by atoms with Crippen molar-refractivity contribution in [3.05, 3.63) is 153 Å². The lowest BCUT2D eigenvalue weighted by Gasteiger charge is -2.45. The van der Waals surface area contributed by atoms with E-state index in [0.717, 1.165) is 53.7 Å². The number of Topliss-reactive ketones (excluding diaryl/α,β-unsaturated/α-hetero) is 2. The van der Waals surface area contributed by atoms with Gasteiger partial charge in [-0.2, -0.15) is 0 Å². The van der Waals surface area contributed by atoms with Crippen molar-refractivity contribution in [1.29, 1.82) is 0 Å². The molecule has 28 heteroatoms. The standard InChI is InChI=1S/C58H52N6O22/c1-27(65)79-51-45(85-49(53(81-29(3)67)55(51)83-31(5)69)41-19-43(71)37-14-7-9-16-39(37)47(41)73)23-63-21-35(59-61-63)25-77-57(75)33-12-11-13-34(18-33)58(76)78-26-36-22-64(62-60-36)24-46-52(80-28(2)66)56(84-32(6)70)54(82-30(4)68)50(86-46)42-20-44(72)38-15-8-10-17-40(38)48(42)74/h7-22,45-46,49-56H,23-26H2,1-6H3/t45-,46-,49+,50+,51-,52-,53+,54+,55+,56+/m1/s1. The molecule has 2 aliphatic heterocycles. The first-order valence-corrected chi connectivity index (χ1v) is 26.4. The lowest BCUT2D eigenvalue weighted by Crippen LogP contribution is -2.63. The molecule has 5 aromatic rings. The van der Waals surface area contributed by atoms with Crippen molar-refractivity contribution in [1.82, 2.24) is 30.0 Å². The molecule has 86 heavy (non-hydrogen) atoms. The van der Waals surface area contributed by atoms with Gasteiger partial charge in [0, 0.05) is 74.9 Å². The minimum atomic E-state index is -1.60. The van der Waals surface area contributed by atoms with Gasteiger partial charge < -0.3 is 47.4 Å². The molecule has 446 valence electrons. The maximum atomic E-state index is 13.9. The Balaban J connectivity index is 0.856. The molecule has 3 aromatic carbocycles. The van der Waals surface area contributed by atoms with Crippen LogP contribution in [0.15, 0.2) is 108 Å². The molecule has 0 amide bonds. The number of ether oxygens (including phenoxy) is 10. The second kappa shape index (κ2) is 25.7. The molecule has 0 radical (unpaired) electrons. The Morgan fingerprint density at radius 3 is 1.14 bits per heavy atom. The number of hydrogen-bond acceptors (Lipinski definition) is 26. The Labute approximate surface area is 486 Å². The smallest absolute Gasteiger partial charge is 0.338 e. The number of nitrogens with zero attached hydrogens (tertiary/aromatic N) is 6. The zero-order valence-electron chi connectivity index (χ0n) is 46.5. The predicted molar refractivity (Wildman–Crippen MR) is 282 cm³/mol. The summed E-state index contributed by atoms with van der Waals surface area (Å²) in [5.41, 5.74) is -0.106. The van der Waals surface area contributed by atoms with E-state index in [1.54, 1.807) is 24.3 Å². The summed E-state index contributed by atoms with van der Waals surface area (Å²) in [7, 11) is 0. The molecule has 2 saturated heterocycles. The Morgan fingerprint density at radius 1 is 0.442 bits per heavy atom. The van der Waals surface area contributed by atoms with Crippen LogP contribution in [0.4, 0.5) is 0 Å². The topological polar surface area (TPSA) is 359 Å². The van der Waals surface area contributed by atoms with Crippen molar-refractivity contribution in [2.24, 2.45) is 0 Å². The summed E-state index contributed by atoms with van der Waals surface area (Å²) >= 11 is 0. The molecule has 9 rings (SSSR count). The summed E-state index contributed by atoms with van der Waals surface area (Å²) in [6, 6.07) is 17.4. The predicted octanol–water partition coefficient (Wildman–Crippen LogP) is 2.72. The number of fused-ring (bicyclic) bond motifs is 2. The maximum Gasteiger partial charge on any atom is 0.338 e. The molecule has 4 heterocycles. The number of aromatic nitrogens is 6. The first-order valence-electron chi connectivity index (χ1n) is 26.4. The molecule has 0 N–H and O–H groups in total. The number of benzene rings is 3. The highest BCUT2D eigenvalue weighted by molar-refractivity contribution is 6.26. The van der Waals surface area contributed by atoms with Gasteiger partial charge in [-0.1, -0.05) is 65.0 Å². The van der Waals surface area contributed by atoms with Crippen molar-refractivity contribution in [2.75, 3.05) is 0 Å². The highest BCUT2D eigenvalue weighted by Crippen LogP contribution is 2.38. The average Bonchev–Trinajstić information content (AvgIpc) is 0.964. The van der Waals surface area contributed by atoms with E-state index in [4.69, 9.17) is 47.4 Å². The maximum absolute atomic E-state index is 13.9. The third kappa shape index (κ3) is 13.6. The summed E-state index contributed by atoms with van der Waals surface area (Å²) in [6.07, 6.45) is -10.3. The van der Waals surface area contributed by atoms with Gasteiger partial charge in [0.25, 0.3) is 0 Å². The number of ketones is 4. The fraction of sp³-hybridized carbons (Fsp3) is 0.345. The van der Waals surface area contributed by atoms with Crippen LogP contribution in [0.2, 0.25) is 0 Å². The van der Waals surface area contributed by atoms with E-state index in [0.29, 0.717) is 0 Å². The van der Waals surface area contributed by atoms with Gasteiger partial charge in [-0.3, -0.25) is 47.9 Å². The van der Waals surface area contributed by atoms with Crippen LogP contribution in [0.3, 0.4) is 0 Å². The normalized spacial score (nSPS) is 23.2. The SMILES string of the molecule is CC(=O)O[C@@H]1[C@@H](OC(C)=O)[C@H](C2=CC(=O)c3ccccc3C2=O)O[C@H](Cn2cc(COC(=O)c3cccc(C(=O)OCc4cn(C[C@H]5O[C@@H](C6=CC(=O)c7ccccc7C6=O)[C@H](OC(C)=O)[C@@H](OC(C)=O)[C@@H]5OC(C)=O)nn4)c3)nn2)[C@H]1OC(C)=O. The van der Waals surface area contributed by atoms with Crippen LogP contribution in [-0.4, -0.2) is 162 Å². The molecule has 28 nitrogen and oxygen atoms in total. The second-order valence-corrected chi connectivity index (χ2v) is 19.9. The third-order valence-electron chi connectivity index (χ3n) is 13.6. The zero-order chi connectivity index (χ0) is 61.7. The van der Waals surface area contributed by atoms with Crippen molar-refractivity contribution < 1.29 is 105 Å². The third-order valence-corrected chi connectivity index (χ3v) is 13.6. The van der Waals surface area contributed by atoms with Crippen LogP contribution < -0.4 is 0 Å². The summed E-state index contributed by atoms with van der Waals surface area (Å²) in [5, 5.41) is 16.3. The lowest BCUT2D eigenvalue weighted by atomic mass is 9.82. The summed E-state index contributed by atoms with van der Waals surface area (Å²) in [6.45, 7) is 4.83.